The van der Waals surface area contributed by atoms with E-state index in [1.165, 1.54) is 17.7 Å². The van der Waals surface area contributed by atoms with Crippen molar-refractivity contribution in [2.24, 2.45) is 0 Å². The minimum atomic E-state index is -0.991. The first-order valence-corrected chi connectivity index (χ1v) is 11.4. The first-order valence-electron chi connectivity index (χ1n) is 10.6. The van der Waals surface area contributed by atoms with Crippen LogP contribution in [-0.2, 0) is 16.8 Å². The minimum absolute atomic E-state index is 0.271. The topological polar surface area (TPSA) is 98.6 Å². The molecule has 4 aromatic rings. The fourth-order valence-corrected chi connectivity index (χ4v) is 5.10. The number of aliphatic hydroxyl groups is 1. The van der Waals surface area contributed by atoms with Gasteiger partial charge in [-0.05, 0) is 24.6 Å². The quantitative estimate of drug-likeness (QED) is 0.408. The predicted molar refractivity (Wildman–Crippen MR) is 127 cm³/mol. The van der Waals surface area contributed by atoms with E-state index in [0.29, 0.717) is 12.3 Å². The highest BCUT2D eigenvalue weighted by Crippen LogP contribution is 2.44. The molecule has 8 nitrogen and oxygen atoms in total. The van der Waals surface area contributed by atoms with Gasteiger partial charge in [-0.1, -0.05) is 6.07 Å². The third-order valence-electron chi connectivity index (χ3n) is 5.70. The van der Waals surface area contributed by atoms with E-state index in [9.17, 15) is 5.11 Å². The van der Waals surface area contributed by atoms with Gasteiger partial charge in [0, 0.05) is 35.8 Å². The molecule has 0 unspecified atom stereocenters. The highest BCUT2D eigenvalue weighted by molar-refractivity contribution is 7.16. The van der Waals surface area contributed by atoms with Crippen LogP contribution in [0.1, 0.15) is 10.4 Å². The second-order valence-electron chi connectivity index (χ2n) is 7.81. The molecule has 2 N–H and O–H groups in total. The van der Waals surface area contributed by atoms with Crippen LogP contribution >= 0.6 is 11.3 Å². The summed E-state index contributed by atoms with van der Waals surface area (Å²) in [4.78, 5) is 14.9. The number of aromatic nitrogens is 3. The smallest absolute Gasteiger partial charge is 0.149 e. The summed E-state index contributed by atoms with van der Waals surface area (Å²) in [5.41, 5.74) is 1.82. The summed E-state index contributed by atoms with van der Waals surface area (Å²) in [5.74, 6) is 2.21. The number of anilines is 1. The standard InChI is InChI=1S/C24H24N4O4S/c1-30-19-6-5-17-15(4-3-8-25-17)16(19)7-9-26-22-10-18(27-14-28-22)21-11-20(31-2)23(33-21)24(29)12-32-13-24/h3-6,8,10-11,14,29H,7,9,12-13H2,1-2H3,(H,26,27,28). The van der Waals surface area contributed by atoms with Gasteiger partial charge in [-0.25, -0.2) is 9.97 Å². The molecule has 4 heterocycles. The average molecular weight is 465 g/mol. The van der Waals surface area contributed by atoms with Gasteiger partial charge in [0.1, 0.15) is 29.2 Å². The lowest BCUT2D eigenvalue weighted by Gasteiger charge is -2.35. The number of ether oxygens (including phenoxy) is 3. The van der Waals surface area contributed by atoms with Crippen molar-refractivity contribution in [2.75, 3.05) is 39.3 Å². The van der Waals surface area contributed by atoms with Crippen molar-refractivity contribution >= 4 is 28.1 Å². The maximum atomic E-state index is 10.7. The van der Waals surface area contributed by atoms with Gasteiger partial charge in [0.2, 0.25) is 0 Å². The van der Waals surface area contributed by atoms with Crippen molar-refractivity contribution in [3.05, 3.63) is 59.4 Å². The van der Waals surface area contributed by atoms with E-state index in [-0.39, 0.29) is 13.2 Å². The van der Waals surface area contributed by atoms with Gasteiger partial charge in [0.15, 0.2) is 0 Å². The maximum absolute atomic E-state index is 10.7. The first-order chi connectivity index (χ1) is 16.1. The van der Waals surface area contributed by atoms with E-state index in [0.717, 1.165) is 49.9 Å². The molecule has 0 atom stereocenters. The molecule has 1 saturated heterocycles. The Kier molecular flexibility index (Phi) is 5.84. The van der Waals surface area contributed by atoms with Gasteiger partial charge < -0.3 is 24.6 Å². The zero-order chi connectivity index (χ0) is 22.8. The zero-order valence-electron chi connectivity index (χ0n) is 18.4. The number of nitrogens with one attached hydrogen (secondary N) is 1. The fourth-order valence-electron chi connectivity index (χ4n) is 3.95. The molecule has 1 aliphatic rings. The predicted octanol–water partition coefficient (Wildman–Crippen LogP) is 3.64. The van der Waals surface area contributed by atoms with Crippen LogP contribution in [0.25, 0.3) is 21.5 Å². The molecule has 9 heteroatoms. The average Bonchev–Trinajstić information content (AvgIpc) is 3.28. The summed E-state index contributed by atoms with van der Waals surface area (Å²) < 4.78 is 16.3. The van der Waals surface area contributed by atoms with Gasteiger partial charge in [-0.15, -0.1) is 11.3 Å². The molecule has 0 bridgehead atoms. The minimum Gasteiger partial charge on any atom is -0.496 e. The Labute approximate surface area is 195 Å². The summed E-state index contributed by atoms with van der Waals surface area (Å²) >= 11 is 1.46. The highest BCUT2D eigenvalue weighted by atomic mass is 32.1. The Balaban J connectivity index is 1.34. The van der Waals surface area contributed by atoms with Crippen LogP contribution in [0.15, 0.2) is 48.9 Å². The van der Waals surface area contributed by atoms with Crippen LogP contribution in [0.4, 0.5) is 5.82 Å². The number of benzene rings is 1. The molecule has 0 saturated carbocycles. The number of hydrogen-bond acceptors (Lipinski definition) is 9. The van der Waals surface area contributed by atoms with Crippen LogP contribution in [-0.4, -0.2) is 54.0 Å². The van der Waals surface area contributed by atoms with Crippen molar-refractivity contribution in [1.82, 2.24) is 15.0 Å². The number of methoxy groups -OCH3 is 2. The molecule has 1 aromatic carbocycles. The number of rotatable bonds is 8. The zero-order valence-corrected chi connectivity index (χ0v) is 19.2. The van der Waals surface area contributed by atoms with Crippen LogP contribution in [0.2, 0.25) is 0 Å². The molecule has 0 amide bonds. The van der Waals surface area contributed by atoms with Gasteiger partial charge in [0.05, 0.1) is 48.4 Å². The van der Waals surface area contributed by atoms with E-state index in [1.807, 2.05) is 30.3 Å². The molecule has 170 valence electrons. The number of hydrogen-bond donors (Lipinski definition) is 2. The SMILES string of the molecule is COc1cc(-c2cc(NCCc3c(OC)ccc4ncccc34)ncn2)sc1C1(O)COC1. The number of pyridine rings is 1. The van der Waals surface area contributed by atoms with Crippen LogP contribution in [0, 0.1) is 0 Å². The highest BCUT2D eigenvalue weighted by Gasteiger charge is 2.42. The van der Waals surface area contributed by atoms with Crippen LogP contribution < -0.4 is 14.8 Å². The van der Waals surface area contributed by atoms with E-state index < -0.39 is 5.60 Å². The lowest BCUT2D eigenvalue weighted by molar-refractivity contribution is -0.183. The van der Waals surface area contributed by atoms with Crippen LogP contribution in [0.5, 0.6) is 11.5 Å². The van der Waals surface area contributed by atoms with Crippen molar-refractivity contribution in [3.63, 3.8) is 0 Å². The van der Waals surface area contributed by atoms with Crippen molar-refractivity contribution < 1.29 is 19.3 Å². The van der Waals surface area contributed by atoms with Crippen molar-refractivity contribution in [2.45, 2.75) is 12.0 Å². The molecule has 5 rings (SSSR count). The van der Waals surface area contributed by atoms with Gasteiger partial charge >= 0.3 is 0 Å². The normalized spacial score (nSPS) is 14.6. The molecular weight excluding hydrogens is 440 g/mol. The molecule has 0 spiro atoms. The van der Waals surface area contributed by atoms with Crippen LogP contribution in [0.3, 0.4) is 0 Å². The third kappa shape index (κ3) is 4.10. The molecule has 1 aliphatic heterocycles. The monoisotopic (exact) mass is 464 g/mol. The summed E-state index contributed by atoms with van der Waals surface area (Å²) in [6.07, 6.45) is 4.07. The Morgan fingerprint density at radius 2 is 1.94 bits per heavy atom. The fraction of sp³-hybridized carbons (Fsp3) is 0.292. The Hall–Kier alpha value is -3.27. The Morgan fingerprint density at radius 1 is 1.09 bits per heavy atom. The molecule has 33 heavy (non-hydrogen) atoms. The van der Waals surface area contributed by atoms with E-state index in [1.54, 1.807) is 20.4 Å². The van der Waals surface area contributed by atoms with Crippen molar-refractivity contribution in [3.8, 4) is 22.1 Å². The first kappa shape index (κ1) is 21.6. The van der Waals surface area contributed by atoms with Gasteiger partial charge in [-0.3, -0.25) is 4.98 Å². The van der Waals surface area contributed by atoms with E-state index in [4.69, 9.17) is 14.2 Å². The summed E-state index contributed by atoms with van der Waals surface area (Å²) in [7, 11) is 3.28. The van der Waals surface area contributed by atoms with Gasteiger partial charge in [0.25, 0.3) is 0 Å². The molecule has 1 fully saturated rings. The summed E-state index contributed by atoms with van der Waals surface area (Å²) in [6.45, 7) is 1.21. The third-order valence-corrected chi connectivity index (χ3v) is 7.03. The van der Waals surface area contributed by atoms with E-state index >= 15 is 0 Å². The molecular formula is C24H24N4O4S. The Bertz CT molecular complexity index is 1290. The summed E-state index contributed by atoms with van der Waals surface area (Å²) in [5, 5.41) is 15.2. The lowest BCUT2D eigenvalue weighted by Crippen LogP contribution is -2.46. The van der Waals surface area contributed by atoms with Crippen molar-refractivity contribution in [1.29, 1.82) is 0 Å². The number of fused-ring (bicyclic) bond motifs is 1. The van der Waals surface area contributed by atoms with E-state index in [2.05, 4.69) is 26.3 Å². The molecule has 0 aliphatic carbocycles. The number of thiophene rings is 1. The molecule has 3 aromatic heterocycles. The maximum Gasteiger partial charge on any atom is 0.149 e. The molecule has 0 radical (unpaired) electrons. The summed E-state index contributed by atoms with van der Waals surface area (Å²) in [6, 6.07) is 11.7. The lowest BCUT2D eigenvalue weighted by atomic mass is 10.00. The largest absolute Gasteiger partial charge is 0.496 e. The Morgan fingerprint density at radius 3 is 2.70 bits per heavy atom. The van der Waals surface area contributed by atoms with Gasteiger partial charge in [-0.2, -0.15) is 0 Å². The second kappa shape index (κ2) is 8.93. The number of nitrogens with zero attached hydrogens (tertiary/aromatic N) is 3. The second-order valence-corrected chi connectivity index (χ2v) is 8.87.